The average molecular weight is 495 g/mol. The van der Waals surface area contributed by atoms with Crippen LogP contribution in [0.5, 0.6) is 0 Å². The number of aryl methyl sites for hydroxylation is 1. The maximum absolute atomic E-state index is 13.9. The molecule has 3 aromatic rings. The van der Waals surface area contributed by atoms with Gasteiger partial charge in [0.25, 0.3) is 5.91 Å². The second kappa shape index (κ2) is 7.44. The van der Waals surface area contributed by atoms with Gasteiger partial charge in [0.2, 0.25) is 0 Å². The van der Waals surface area contributed by atoms with Gasteiger partial charge in [-0.1, -0.05) is 18.2 Å². The van der Waals surface area contributed by atoms with Gasteiger partial charge in [-0.05, 0) is 52.5 Å². The topological polar surface area (TPSA) is 63.3 Å². The number of para-hydroxylation sites is 1. The smallest absolute Gasteiger partial charge is 0.410 e. The zero-order valence-corrected chi connectivity index (χ0v) is 17.8. The Hall–Kier alpha value is -2.75. The highest BCUT2D eigenvalue weighted by Crippen LogP contribution is 2.46. The number of fused-ring (bicyclic) bond motifs is 2. The first-order valence-electron chi connectivity index (χ1n) is 9.89. The molecule has 6 nitrogen and oxygen atoms in total. The Morgan fingerprint density at radius 2 is 2.03 bits per heavy atom. The van der Waals surface area contributed by atoms with Crippen LogP contribution in [0.25, 0.3) is 0 Å². The summed E-state index contributed by atoms with van der Waals surface area (Å²) in [5, 5.41) is 7.18. The zero-order chi connectivity index (χ0) is 21.8. The summed E-state index contributed by atoms with van der Waals surface area (Å²) in [7, 11) is 0. The molecule has 2 aliphatic heterocycles. The number of carbonyl (C=O) groups excluding carboxylic acids is 1. The first kappa shape index (κ1) is 20.2. The number of anilines is 2. The largest absolute Gasteiger partial charge is 0.467 e. The highest BCUT2D eigenvalue weighted by Gasteiger charge is 2.48. The SMILES string of the molecule is O=C(c1nn2c(c1Br)N[C@@H](c1ccco1)C[C@@H]2C(F)(F)F)N1CCCc2ccccc21. The molecule has 0 saturated heterocycles. The quantitative estimate of drug-likeness (QED) is 0.511. The lowest BCUT2D eigenvalue weighted by Gasteiger charge is -2.32. The van der Waals surface area contributed by atoms with E-state index in [1.165, 1.54) is 6.26 Å². The van der Waals surface area contributed by atoms with E-state index < -0.39 is 24.2 Å². The van der Waals surface area contributed by atoms with Gasteiger partial charge in [-0.25, -0.2) is 4.68 Å². The van der Waals surface area contributed by atoms with E-state index in [1.807, 2.05) is 24.3 Å². The number of hydrogen-bond acceptors (Lipinski definition) is 4. The number of amides is 1. The Kier molecular flexibility index (Phi) is 4.84. The Morgan fingerprint density at radius 1 is 1.23 bits per heavy atom. The second-order valence-corrected chi connectivity index (χ2v) is 8.44. The number of hydrogen-bond donors (Lipinski definition) is 1. The third-order valence-electron chi connectivity index (χ3n) is 5.74. The Labute approximate surface area is 184 Å². The minimum absolute atomic E-state index is 0.0476. The van der Waals surface area contributed by atoms with E-state index in [2.05, 4.69) is 26.3 Å². The zero-order valence-electron chi connectivity index (χ0n) is 16.2. The second-order valence-electron chi connectivity index (χ2n) is 7.65. The molecule has 10 heteroatoms. The van der Waals surface area contributed by atoms with Crippen LogP contribution in [0.4, 0.5) is 24.7 Å². The first-order chi connectivity index (χ1) is 14.8. The molecule has 0 unspecified atom stereocenters. The predicted molar refractivity (Wildman–Crippen MR) is 111 cm³/mol. The van der Waals surface area contributed by atoms with Crippen LogP contribution in [0.3, 0.4) is 0 Å². The van der Waals surface area contributed by atoms with Crippen LogP contribution in [0.1, 0.15) is 46.7 Å². The normalized spacial score (nSPS) is 20.7. The van der Waals surface area contributed by atoms with E-state index in [0.717, 1.165) is 28.8 Å². The fourth-order valence-corrected chi connectivity index (χ4v) is 4.82. The van der Waals surface area contributed by atoms with Crippen molar-refractivity contribution in [3.05, 3.63) is 64.2 Å². The maximum Gasteiger partial charge on any atom is 0.410 e. The lowest BCUT2D eigenvalue weighted by molar-refractivity contribution is -0.174. The monoisotopic (exact) mass is 494 g/mol. The Bertz CT molecular complexity index is 1130. The third-order valence-corrected chi connectivity index (χ3v) is 6.49. The van der Waals surface area contributed by atoms with Gasteiger partial charge >= 0.3 is 6.18 Å². The van der Waals surface area contributed by atoms with Crippen molar-refractivity contribution in [3.8, 4) is 0 Å². The molecule has 1 N–H and O–H groups in total. The molecule has 0 bridgehead atoms. The molecule has 0 spiro atoms. The standard InChI is InChI=1S/C21H18BrF3N4O2/c22-17-18(20(30)28-9-3-6-12-5-1-2-7-14(12)28)27-29-16(21(23,24)25)11-13(26-19(17)29)15-8-4-10-31-15/h1-2,4-5,7-8,10,13,16,26H,3,6,9,11H2/t13-,16-/m1/s1. The van der Waals surface area contributed by atoms with Crippen LogP contribution < -0.4 is 10.2 Å². The van der Waals surface area contributed by atoms with Gasteiger partial charge in [-0.3, -0.25) is 4.79 Å². The number of furan rings is 1. The number of rotatable bonds is 2. The summed E-state index contributed by atoms with van der Waals surface area (Å²) >= 11 is 3.34. The van der Waals surface area contributed by atoms with Crippen molar-refractivity contribution in [2.75, 3.05) is 16.8 Å². The highest BCUT2D eigenvalue weighted by atomic mass is 79.9. The number of nitrogens with zero attached hydrogens (tertiary/aromatic N) is 3. The van der Waals surface area contributed by atoms with Crippen molar-refractivity contribution >= 4 is 33.3 Å². The molecule has 31 heavy (non-hydrogen) atoms. The van der Waals surface area contributed by atoms with Gasteiger partial charge in [0, 0.05) is 18.7 Å². The minimum atomic E-state index is -4.54. The fraction of sp³-hybridized carbons (Fsp3) is 0.333. The molecule has 4 heterocycles. The molecule has 2 aromatic heterocycles. The van der Waals surface area contributed by atoms with Gasteiger partial charge in [-0.15, -0.1) is 0 Å². The molecule has 2 atom stereocenters. The number of alkyl halides is 3. The van der Waals surface area contributed by atoms with Crippen molar-refractivity contribution in [2.45, 2.75) is 37.5 Å². The van der Waals surface area contributed by atoms with E-state index in [9.17, 15) is 18.0 Å². The number of aromatic nitrogens is 2. The van der Waals surface area contributed by atoms with E-state index in [4.69, 9.17) is 4.42 Å². The molecule has 1 aromatic carbocycles. The summed E-state index contributed by atoms with van der Waals surface area (Å²) in [6, 6.07) is 8.23. The lowest BCUT2D eigenvalue weighted by atomic mass is 10.0. The first-order valence-corrected chi connectivity index (χ1v) is 10.7. The lowest BCUT2D eigenvalue weighted by Crippen LogP contribution is -2.37. The molecule has 0 aliphatic carbocycles. The predicted octanol–water partition coefficient (Wildman–Crippen LogP) is 5.49. The van der Waals surface area contributed by atoms with Crippen molar-refractivity contribution in [3.63, 3.8) is 0 Å². The molecular weight excluding hydrogens is 477 g/mol. The number of halogens is 4. The fourth-order valence-electron chi connectivity index (χ4n) is 4.27. The number of benzene rings is 1. The van der Waals surface area contributed by atoms with E-state index in [1.54, 1.807) is 17.0 Å². The van der Waals surface area contributed by atoms with E-state index >= 15 is 0 Å². The average Bonchev–Trinajstić information content (AvgIpc) is 3.40. The molecule has 2 aliphatic rings. The summed E-state index contributed by atoms with van der Waals surface area (Å²) in [6.45, 7) is 0.482. The number of nitrogens with one attached hydrogen (secondary N) is 1. The number of carbonyl (C=O) groups is 1. The maximum atomic E-state index is 13.9. The summed E-state index contributed by atoms with van der Waals surface area (Å²) in [4.78, 5) is 14.9. The highest BCUT2D eigenvalue weighted by molar-refractivity contribution is 9.10. The summed E-state index contributed by atoms with van der Waals surface area (Å²) in [6.07, 6.45) is -1.78. The van der Waals surface area contributed by atoms with Crippen LogP contribution in [-0.2, 0) is 6.42 Å². The summed E-state index contributed by atoms with van der Waals surface area (Å²) in [5.74, 6) is 0.0771. The summed E-state index contributed by atoms with van der Waals surface area (Å²) < 4.78 is 48.1. The minimum Gasteiger partial charge on any atom is -0.467 e. The Morgan fingerprint density at radius 3 is 2.77 bits per heavy atom. The third kappa shape index (κ3) is 3.42. The molecule has 5 rings (SSSR count). The molecule has 0 saturated carbocycles. The molecule has 162 valence electrons. The van der Waals surface area contributed by atoms with Gasteiger partial charge in [0.15, 0.2) is 11.7 Å². The van der Waals surface area contributed by atoms with Gasteiger partial charge in [0.1, 0.15) is 11.6 Å². The van der Waals surface area contributed by atoms with Crippen molar-refractivity contribution in [1.82, 2.24) is 9.78 Å². The van der Waals surface area contributed by atoms with Gasteiger partial charge in [0.05, 0.1) is 16.8 Å². The van der Waals surface area contributed by atoms with Crippen LogP contribution >= 0.6 is 15.9 Å². The van der Waals surface area contributed by atoms with E-state index in [0.29, 0.717) is 12.3 Å². The van der Waals surface area contributed by atoms with Crippen LogP contribution in [0, 0.1) is 0 Å². The molecular formula is C21H18BrF3N4O2. The molecule has 0 radical (unpaired) electrons. The van der Waals surface area contributed by atoms with Crippen molar-refractivity contribution in [2.24, 2.45) is 0 Å². The molecule has 1 amide bonds. The van der Waals surface area contributed by atoms with Crippen LogP contribution in [0.2, 0.25) is 0 Å². The van der Waals surface area contributed by atoms with Crippen molar-refractivity contribution < 1.29 is 22.4 Å². The van der Waals surface area contributed by atoms with E-state index in [-0.39, 0.29) is 22.4 Å². The van der Waals surface area contributed by atoms with Crippen LogP contribution in [0.15, 0.2) is 51.6 Å². The van der Waals surface area contributed by atoms with Crippen molar-refractivity contribution in [1.29, 1.82) is 0 Å². The van der Waals surface area contributed by atoms with Crippen LogP contribution in [-0.4, -0.2) is 28.4 Å². The van der Waals surface area contributed by atoms with Gasteiger partial charge in [-0.2, -0.15) is 18.3 Å². The Balaban J connectivity index is 1.56. The molecule has 0 fully saturated rings. The van der Waals surface area contributed by atoms with Gasteiger partial charge < -0.3 is 14.6 Å². The summed E-state index contributed by atoms with van der Waals surface area (Å²) in [5.41, 5.74) is 1.75.